The molecule has 1 saturated heterocycles. The molecule has 2 aromatic carbocycles. The second-order valence-corrected chi connectivity index (χ2v) is 6.66. The Hall–Kier alpha value is -3.06. The predicted octanol–water partition coefficient (Wildman–Crippen LogP) is 3.33. The van der Waals surface area contributed by atoms with Crippen LogP contribution in [0.5, 0.6) is 11.5 Å². The van der Waals surface area contributed by atoms with Gasteiger partial charge in [-0.25, -0.2) is 0 Å². The molecular formula is C19H13NO5S. The highest BCUT2D eigenvalue weighted by atomic mass is 32.2. The van der Waals surface area contributed by atoms with Gasteiger partial charge < -0.3 is 9.47 Å². The number of nitrogens with zero attached hydrogens (tertiary/aromatic N) is 1. The van der Waals surface area contributed by atoms with Gasteiger partial charge >= 0.3 is 0 Å². The standard InChI is InChI=1S/C19H13NO5S/c21-14(13-4-2-1-3-5-13)10-20-18(22)17(26-19(20)23)9-12-6-7-15-16(8-12)25-11-24-15/h1-9H,10-11H2. The summed E-state index contributed by atoms with van der Waals surface area (Å²) in [5.74, 6) is 0.486. The third kappa shape index (κ3) is 3.09. The molecule has 0 spiro atoms. The number of rotatable bonds is 4. The first-order chi connectivity index (χ1) is 12.6. The molecule has 1 fully saturated rings. The van der Waals surface area contributed by atoms with Gasteiger partial charge in [0.1, 0.15) is 0 Å². The normalized spacial score (nSPS) is 17.2. The molecule has 0 N–H and O–H groups in total. The molecule has 0 atom stereocenters. The molecule has 4 rings (SSSR count). The summed E-state index contributed by atoms with van der Waals surface area (Å²) in [6, 6.07) is 13.8. The number of imide groups is 1. The van der Waals surface area contributed by atoms with Crippen LogP contribution in [0.2, 0.25) is 0 Å². The van der Waals surface area contributed by atoms with E-state index in [1.165, 1.54) is 0 Å². The van der Waals surface area contributed by atoms with Gasteiger partial charge in [-0.3, -0.25) is 19.3 Å². The molecule has 7 heteroatoms. The summed E-state index contributed by atoms with van der Waals surface area (Å²) in [5, 5.41) is -0.453. The van der Waals surface area contributed by atoms with Gasteiger partial charge in [0, 0.05) is 5.56 Å². The molecule has 2 amide bonds. The highest BCUT2D eigenvalue weighted by molar-refractivity contribution is 8.18. The summed E-state index contributed by atoms with van der Waals surface area (Å²) < 4.78 is 10.6. The third-order valence-electron chi connectivity index (χ3n) is 3.97. The first-order valence-electron chi connectivity index (χ1n) is 7.85. The number of amides is 2. The summed E-state index contributed by atoms with van der Waals surface area (Å²) in [6.07, 6.45) is 1.61. The SMILES string of the molecule is O=C(CN1C(=O)SC(=Cc2ccc3c(c2)OCO3)C1=O)c1ccccc1. The summed E-state index contributed by atoms with van der Waals surface area (Å²) >= 11 is 0.821. The molecule has 0 unspecified atom stereocenters. The molecule has 2 aromatic rings. The van der Waals surface area contributed by atoms with Crippen LogP contribution in [-0.4, -0.2) is 35.2 Å². The first kappa shape index (κ1) is 16.4. The van der Waals surface area contributed by atoms with E-state index >= 15 is 0 Å². The Kier molecular flexibility index (Phi) is 4.22. The maximum absolute atomic E-state index is 12.5. The number of carbonyl (C=O) groups excluding carboxylic acids is 3. The van der Waals surface area contributed by atoms with Gasteiger partial charge in [0.15, 0.2) is 17.3 Å². The van der Waals surface area contributed by atoms with Crippen molar-refractivity contribution in [1.29, 1.82) is 0 Å². The van der Waals surface area contributed by atoms with Gasteiger partial charge in [0.2, 0.25) is 6.79 Å². The Morgan fingerprint density at radius 3 is 2.65 bits per heavy atom. The molecule has 130 valence electrons. The van der Waals surface area contributed by atoms with E-state index in [-0.39, 0.29) is 24.0 Å². The molecule has 6 nitrogen and oxygen atoms in total. The highest BCUT2D eigenvalue weighted by Gasteiger charge is 2.36. The fraction of sp³-hybridized carbons (Fsp3) is 0.105. The lowest BCUT2D eigenvalue weighted by Crippen LogP contribution is -2.33. The van der Waals surface area contributed by atoms with E-state index in [0.29, 0.717) is 22.6 Å². The second-order valence-electron chi connectivity index (χ2n) is 5.67. The summed E-state index contributed by atoms with van der Waals surface area (Å²) in [7, 11) is 0. The molecule has 2 heterocycles. The molecule has 2 aliphatic rings. The van der Waals surface area contributed by atoms with Crippen LogP contribution in [0.4, 0.5) is 4.79 Å². The number of fused-ring (bicyclic) bond motifs is 1. The number of benzene rings is 2. The van der Waals surface area contributed by atoms with E-state index in [1.807, 2.05) is 0 Å². The number of ether oxygens (including phenoxy) is 2. The summed E-state index contributed by atoms with van der Waals surface area (Å²) in [5.41, 5.74) is 1.18. The number of ketones is 1. The highest BCUT2D eigenvalue weighted by Crippen LogP contribution is 2.36. The van der Waals surface area contributed by atoms with Crippen LogP contribution in [0.15, 0.2) is 53.4 Å². The van der Waals surface area contributed by atoms with E-state index in [0.717, 1.165) is 16.7 Å². The van der Waals surface area contributed by atoms with Crippen LogP contribution in [0.25, 0.3) is 6.08 Å². The molecule has 26 heavy (non-hydrogen) atoms. The van der Waals surface area contributed by atoms with Crippen molar-refractivity contribution in [2.45, 2.75) is 0 Å². The quantitative estimate of drug-likeness (QED) is 0.610. The maximum atomic E-state index is 12.5. The van der Waals surface area contributed by atoms with Crippen LogP contribution in [0.1, 0.15) is 15.9 Å². The van der Waals surface area contributed by atoms with E-state index in [4.69, 9.17) is 9.47 Å². The van der Waals surface area contributed by atoms with Gasteiger partial charge in [0.05, 0.1) is 11.4 Å². The molecule has 0 aliphatic carbocycles. The number of hydrogen-bond acceptors (Lipinski definition) is 6. The van der Waals surface area contributed by atoms with Gasteiger partial charge in [-0.1, -0.05) is 36.4 Å². The summed E-state index contributed by atoms with van der Waals surface area (Å²) in [6.45, 7) is -0.107. The monoisotopic (exact) mass is 367 g/mol. The largest absolute Gasteiger partial charge is 0.454 e. The maximum Gasteiger partial charge on any atom is 0.293 e. The van der Waals surface area contributed by atoms with Gasteiger partial charge in [-0.2, -0.15) is 0 Å². The average molecular weight is 367 g/mol. The van der Waals surface area contributed by atoms with E-state index in [2.05, 4.69) is 0 Å². The van der Waals surface area contributed by atoms with E-state index < -0.39 is 11.1 Å². The van der Waals surface area contributed by atoms with Crippen molar-refractivity contribution in [2.75, 3.05) is 13.3 Å². The van der Waals surface area contributed by atoms with Crippen LogP contribution in [-0.2, 0) is 4.79 Å². The Morgan fingerprint density at radius 1 is 1.08 bits per heavy atom. The number of thioether (sulfide) groups is 1. The lowest BCUT2D eigenvalue weighted by molar-refractivity contribution is -0.122. The fourth-order valence-electron chi connectivity index (χ4n) is 2.65. The predicted molar refractivity (Wildman–Crippen MR) is 96.0 cm³/mol. The number of Topliss-reactive ketones (excluding diaryl/α,β-unsaturated/α-hetero) is 1. The van der Waals surface area contributed by atoms with Crippen LogP contribution >= 0.6 is 11.8 Å². The molecule has 2 aliphatic heterocycles. The number of carbonyl (C=O) groups is 3. The Bertz CT molecular complexity index is 938. The van der Waals surface area contributed by atoms with Crippen molar-refractivity contribution < 1.29 is 23.9 Å². The van der Waals surface area contributed by atoms with Crippen LogP contribution < -0.4 is 9.47 Å². The molecule has 0 bridgehead atoms. The van der Waals surface area contributed by atoms with Crippen molar-refractivity contribution >= 4 is 34.8 Å². The van der Waals surface area contributed by atoms with Crippen molar-refractivity contribution in [3.8, 4) is 11.5 Å². The topological polar surface area (TPSA) is 72.9 Å². The fourth-order valence-corrected chi connectivity index (χ4v) is 3.49. The van der Waals surface area contributed by atoms with E-state index in [1.54, 1.807) is 54.6 Å². The third-order valence-corrected chi connectivity index (χ3v) is 4.87. The van der Waals surface area contributed by atoms with Crippen LogP contribution in [0, 0.1) is 0 Å². The lowest BCUT2D eigenvalue weighted by atomic mass is 10.1. The minimum atomic E-state index is -0.470. The Morgan fingerprint density at radius 2 is 1.85 bits per heavy atom. The molecule has 0 aromatic heterocycles. The molecular weight excluding hydrogens is 354 g/mol. The van der Waals surface area contributed by atoms with Crippen molar-refractivity contribution in [3.05, 3.63) is 64.6 Å². The average Bonchev–Trinajstić information content (AvgIpc) is 3.22. The van der Waals surface area contributed by atoms with Crippen LogP contribution in [0.3, 0.4) is 0 Å². The zero-order valence-electron chi connectivity index (χ0n) is 13.5. The van der Waals surface area contributed by atoms with Crippen molar-refractivity contribution in [1.82, 2.24) is 4.90 Å². The number of hydrogen-bond donors (Lipinski definition) is 0. The van der Waals surface area contributed by atoms with Gasteiger partial charge in [0.25, 0.3) is 11.1 Å². The Balaban J connectivity index is 1.53. The van der Waals surface area contributed by atoms with E-state index in [9.17, 15) is 14.4 Å². The zero-order chi connectivity index (χ0) is 18.1. The van der Waals surface area contributed by atoms with Gasteiger partial charge in [-0.15, -0.1) is 0 Å². The lowest BCUT2D eigenvalue weighted by Gasteiger charge is -2.11. The van der Waals surface area contributed by atoms with Crippen molar-refractivity contribution in [3.63, 3.8) is 0 Å². The second kappa shape index (κ2) is 6.68. The van der Waals surface area contributed by atoms with Gasteiger partial charge in [-0.05, 0) is 35.5 Å². The summed E-state index contributed by atoms with van der Waals surface area (Å²) in [4.78, 5) is 38.2. The van der Waals surface area contributed by atoms with Crippen molar-refractivity contribution in [2.24, 2.45) is 0 Å². The Labute approximate surface area is 153 Å². The minimum Gasteiger partial charge on any atom is -0.454 e. The smallest absolute Gasteiger partial charge is 0.293 e. The molecule has 0 radical (unpaired) electrons. The first-order valence-corrected chi connectivity index (χ1v) is 8.67. The molecule has 0 saturated carbocycles. The minimum absolute atomic E-state index is 0.164. The zero-order valence-corrected chi connectivity index (χ0v) is 14.3.